The molecule has 1 saturated heterocycles. The van der Waals surface area contributed by atoms with Crippen molar-refractivity contribution in [2.24, 2.45) is 5.92 Å². The van der Waals surface area contributed by atoms with Crippen LogP contribution in [0, 0.1) is 5.92 Å². The number of hydrogen-bond donors (Lipinski definition) is 1. The Labute approximate surface area is 113 Å². The molecule has 1 aromatic carbocycles. The normalized spacial score (nSPS) is 20.9. The molecule has 2 rings (SSSR count). The van der Waals surface area contributed by atoms with Crippen LogP contribution in [0.15, 0.2) is 30.3 Å². The second-order valence-corrected chi connectivity index (χ2v) is 5.09. The number of likely N-dealkylation sites (tertiary alicyclic amines) is 1. The van der Waals surface area contributed by atoms with Gasteiger partial charge in [0.1, 0.15) is 0 Å². The van der Waals surface area contributed by atoms with Crippen molar-refractivity contribution in [1.82, 2.24) is 4.90 Å². The molecule has 0 spiro atoms. The fraction of sp³-hybridized carbons (Fsp3) is 0.467. The number of piperidine rings is 1. The van der Waals surface area contributed by atoms with Crippen LogP contribution in [0.25, 0.3) is 0 Å². The summed E-state index contributed by atoms with van der Waals surface area (Å²) in [6.07, 6.45) is 1.43. The van der Waals surface area contributed by atoms with Crippen molar-refractivity contribution in [3.05, 3.63) is 35.9 Å². The molecule has 0 unspecified atom stereocenters. The van der Waals surface area contributed by atoms with E-state index in [2.05, 4.69) is 0 Å². The Balaban J connectivity index is 2.05. The van der Waals surface area contributed by atoms with E-state index >= 15 is 0 Å². The summed E-state index contributed by atoms with van der Waals surface area (Å²) in [7, 11) is 0. The predicted molar refractivity (Wildman–Crippen MR) is 71.8 cm³/mol. The molecule has 1 fully saturated rings. The van der Waals surface area contributed by atoms with E-state index < -0.39 is 11.9 Å². The molecule has 1 N–H and O–H groups in total. The number of carbonyl (C=O) groups excluding carboxylic acids is 1. The highest BCUT2D eigenvalue weighted by Gasteiger charge is 2.30. The third kappa shape index (κ3) is 3.13. The molecule has 102 valence electrons. The fourth-order valence-electron chi connectivity index (χ4n) is 2.54. The number of carboxylic acid groups (broad SMARTS) is 1. The highest BCUT2D eigenvalue weighted by molar-refractivity contribution is 5.84. The fourth-order valence-corrected chi connectivity index (χ4v) is 2.54. The molecule has 0 aliphatic carbocycles. The number of amides is 1. The summed E-state index contributed by atoms with van der Waals surface area (Å²) in [5.74, 6) is -1.41. The van der Waals surface area contributed by atoms with Gasteiger partial charge in [-0.1, -0.05) is 30.3 Å². The van der Waals surface area contributed by atoms with Crippen LogP contribution in [-0.2, 0) is 9.59 Å². The predicted octanol–water partition coefficient (Wildman–Crippen LogP) is 2.11. The zero-order valence-electron chi connectivity index (χ0n) is 11.1. The molecule has 1 heterocycles. The van der Waals surface area contributed by atoms with Gasteiger partial charge in [0.25, 0.3) is 0 Å². The molecule has 4 nitrogen and oxygen atoms in total. The Morgan fingerprint density at radius 2 is 2.00 bits per heavy atom. The average Bonchev–Trinajstić information content (AvgIpc) is 2.46. The number of carboxylic acids is 1. The molecule has 0 aromatic heterocycles. The van der Waals surface area contributed by atoms with Gasteiger partial charge in [-0.15, -0.1) is 0 Å². The Morgan fingerprint density at radius 1 is 1.32 bits per heavy atom. The number of nitrogens with zero attached hydrogens (tertiary/aromatic N) is 1. The van der Waals surface area contributed by atoms with Gasteiger partial charge in [-0.3, -0.25) is 9.59 Å². The van der Waals surface area contributed by atoms with E-state index in [1.165, 1.54) is 0 Å². The minimum Gasteiger partial charge on any atom is -0.481 e. The van der Waals surface area contributed by atoms with E-state index in [9.17, 15) is 9.59 Å². The maximum absolute atomic E-state index is 12.4. The van der Waals surface area contributed by atoms with Gasteiger partial charge in [0, 0.05) is 13.1 Å². The molecule has 1 aliphatic heterocycles. The summed E-state index contributed by atoms with van der Waals surface area (Å²) in [6.45, 7) is 2.88. The second-order valence-electron chi connectivity index (χ2n) is 5.09. The maximum Gasteiger partial charge on any atom is 0.308 e. The number of benzene rings is 1. The smallest absolute Gasteiger partial charge is 0.308 e. The molecule has 1 amide bonds. The molecule has 19 heavy (non-hydrogen) atoms. The topological polar surface area (TPSA) is 57.6 Å². The van der Waals surface area contributed by atoms with Crippen LogP contribution in [0.4, 0.5) is 0 Å². The molecule has 0 bridgehead atoms. The first-order valence-electron chi connectivity index (χ1n) is 6.66. The first-order valence-corrected chi connectivity index (χ1v) is 6.66. The summed E-state index contributed by atoms with van der Waals surface area (Å²) in [6, 6.07) is 9.61. The number of hydrogen-bond acceptors (Lipinski definition) is 2. The van der Waals surface area contributed by atoms with Crippen molar-refractivity contribution in [2.45, 2.75) is 25.7 Å². The van der Waals surface area contributed by atoms with Gasteiger partial charge in [0.15, 0.2) is 0 Å². The Kier molecular flexibility index (Phi) is 4.20. The van der Waals surface area contributed by atoms with Gasteiger partial charge in [-0.25, -0.2) is 0 Å². The number of carbonyl (C=O) groups is 2. The van der Waals surface area contributed by atoms with Gasteiger partial charge < -0.3 is 10.0 Å². The summed E-state index contributed by atoms with van der Waals surface area (Å²) in [5.41, 5.74) is 0.977. The Hall–Kier alpha value is -1.84. The quantitative estimate of drug-likeness (QED) is 0.906. The van der Waals surface area contributed by atoms with Gasteiger partial charge >= 0.3 is 5.97 Å². The lowest BCUT2D eigenvalue weighted by molar-refractivity contribution is -0.146. The molecule has 1 aromatic rings. The van der Waals surface area contributed by atoms with Crippen LogP contribution >= 0.6 is 0 Å². The summed E-state index contributed by atoms with van der Waals surface area (Å²) in [4.78, 5) is 25.1. The minimum atomic E-state index is -0.801. The van der Waals surface area contributed by atoms with Crippen molar-refractivity contribution in [2.75, 3.05) is 13.1 Å². The van der Waals surface area contributed by atoms with Crippen LogP contribution in [0.1, 0.15) is 31.2 Å². The van der Waals surface area contributed by atoms with Crippen LogP contribution in [-0.4, -0.2) is 35.0 Å². The second kappa shape index (κ2) is 5.87. The van der Waals surface area contributed by atoms with Gasteiger partial charge in [0.05, 0.1) is 11.8 Å². The lowest BCUT2D eigenvalue weighted by Gasteiger charge is -2.32. The zero-order valence-corrected chi connectivity index (χ0v) is 11.1. The number of aliphatic carboxylic acids is 1. The SMILES string of the molecule is C[C@H](C(=O)N1CCC[C@H](C(=O)O)C1)c1ccccc1. The summed E-state index contributed by atoms with van der Waals surface area (Å²) < 4.78 is 0. The van der Waals surface area contributed by atoms with E-state index in [0.29, 0.717) is 19.5 Å². The third-order valence-electron chi connectivity index (χ3n) is 3.75. The van der Waals surface area contributed by atoms with Crippen molar-refractivity contribution in [3.63, 3.8) is 0 Å². The molecule has 0 radical (unpaired) electrons. The number of rotatable bonds is 3. The molecular formula is C15H19NO3. The van der Waals surface area contributed by atoms with Crippen LogP contribution in [0.3, 0.4) is 0 Å². The van der Waals surface area contributed by atoms with Crippen LogP contribution in [0.2, 0.25) is 0 Å². The lowest BCUT2D eigenvalue weighted by atomic mass is 9.94. The van der Waals surface area contributed by atoms with Crippen LogP contribution in [0.5, 0.6) is 0 Å². The van der Waals surface area contributed by atoms with Crippen molar-refractivity contribution in [1.29, 1.82) is 0 Å². The Bertz CT molecular complexity index is 458. The standard InChI is InChI=1S/C15H19NO3/c1-11(12-6-3-2-4-7-12)14(17)16-9-5-8-13(10-16)15(18)19/h2-4,6-7,11,13H,5,8-10H2,1H3,(H,18,19)/t11-,13-/m0/s1. The van der Waals surface area contributed by atoms with Crippen molar-refractivity contribution >= 4 is 11.9 Å². The Morgan fingerprint density at radius 3 is 2.63 bits per heavy atom. The van der Waals surface area contributed by atoms with Crippen molar-refractivity contribution in [3.8, 4) is 0 Å². The summed E-state index contributed by atoms with van der Waals surface area (Å²) in [5, 5.41) is 9.06. The molecular weight excluding hydrogens is 242 g/mol. The van der Waals surface area contributed by atoms with Crippen LogP contribution < -0.4 is 0 Å². The van der Waals surface area contributed by atoms with Gasteiger partial charge in [0.2, 0.25) is 5.91 Å². The van der Waals surface area contributed by atoms with Gasteiger partial charge in [-0.2, -0.15) is 0 Å². The van der Waals surface area contributed by atoms with E-state index in [0.717, 1.165) is 12.0 Å². The average molecular weight is 261 g/mol. The van der Waals surface area contributed by atoms with E-state index in [1.807, 2.05) is 37.3 Å². The lowest BCUT2D eigenvalue weighted by Crippen LogP contribution is -2.43. The first-order chi connectivity index (χ1) is 9.09. The highest BCUT2D eigenvalue weighted by atomic mass is 16.4. The first kappa shape index (κ1) is 13.6. The highest BCUT2D eigenvalue weighted by Crippen LogP contribution is 2.22. The monoisotopic (exact) mass is 261 g/mol. The molecule has 1 aliphatic rings. The minimum absolute atomic E-state index is 0.0251. The van der Waals surface area contributed by atoms with E-state index in [-0.39, 0.29) is 11.8 Å². The summed E-state index contributed by atoms with van der Waals surface area (Å²) >= 11 is 0. The van der Waals surface area contributed by atoms with Crippen molar-refractivity contribution < 1.29 is 14.7 Å². The maximum atomic E-state index is 12.4. The van der Waals surface area contributed by atoms with Gasteiger partial charge in [-0.05, 0) is 25.3 Å². The van der Waals surface area contributed by atoms with E-state index in [1.54, 1.807) is 4.90 Å². The molecule has 0 saturated carbocycles. The molecule has 4 heteroatoms. The molecule has 2 atom stereocenters. The third-order valence-corrected chi connectivity index (χ3v) is 3.75. The largest absolute Gasteiger partial charge is 0.481 e. The zero-order chi connectivity index (χ0) is 13.8. The van der Waals surface area contributed by atoms with E-state index in [4.69, 9.17) is 5.11 Å².